The number of hydrogen-bond acceptors (Lipinski definition) is 39. The number of Topliss-reactive ketones (excluding diaryl/α,β-unsaturated/α-hetero) is 1. The van der Waals surface area contributed by atoms with Gasteiger partial charge in [-0.25, -0.2) is 14.4 Å². The molecule has 812 valence electrons. The molecule has 0 aromatic rings. The Bertz CT molecular complexity index is 3640. The summed E-state index contributed by atoms with van der Waals surface area (Å²) in [6.07, 6.45) is -28.6. The van der Waals surface area contributed by atoms with Gasteiger partial charge in [-0.05, 0) is 26.2 Å². The van der Waals surface area contributed by atoms with E-state index in [0.29, 0.717) is 12.8 Å². The maximum Gasteiger partial charge on any atom is 0.364 e. The molecule has 0 bridgehead atoms. The van der Waals surface area contributed by atoms with Crippen LogP contribution in [0.3, 0.4) is 0 Å². The van der Waals surface area contributed by atoms with Crippen LogP contribution in [0.15, 0.2) is 12.2 Å². The monoisotopic (exact) mass is 2020 g/mol. The molecule has 0 aromatic carbocycles. The third kappa shape index (κ3) is 36.5. The van der Waals surface area contributed by atoms with Crippen molar-refractivity contribution in [1.82, 2.24) is 21.3 Å². The fourth-order valence-electron chi connectivity index (χ4n) is 19.0. The zero-order valence-corrected chi connectivity index (χ0v) is 81.5. The standard InChI is InChI=1S/C94H164N4O42/c1-7-9-11-13-15-17-19-21-22-23-24-25-26-28-30-32-34-36-38-40-68(114)98-57(58(109)39-37-35-33-31-29-27-20-18-16-14-12-10-8-2)51-129-87-78(121)77(120)80(66(49-103)131-87)133-88-79(122)85(81(67(50-104)132-88)134-86-56(41-52(3)105)72(115)74(117)63(46-100)130-86)140-94(91(127)128)44-61(112)71(97-55(6)108)84(139-94)76(119)65(48-102)136-93(90(125)126)43-60(111)70(96-54(5)107)83(138-93)75(118)64(47-101)135-92(89(123)124)42-59(110)69(95-53(4)106)82(137-92)73(116)62(113)45-99/h37,39,56-67,69-88,99-104,109-113,115-122H,7-36,38,40-51H2,1-6H3,(H,95,106)(H,96,107)(H,97,108)(H,98,114)(H,123,124)(H,125,126)(H,127,128). The molecule has 46 nitrogen and oxygen atoms in total. The van der Waals surface area contributed by atoms with Crippen LogP contribution in [0, 0.1) is 5.92 Å². The van der Waals surface area contributed by atoms with E-state index in [2.05, 4.69) is 35.1 Å². The van der Waals surface area contributed by atoms with Crippen LogP contribution in [0.4, 0.5) is 0 Å². The van der Waals surface area contributed by atoms with Crippen LogP contribution in [0.25, 0.3) is 0 Å². The van der Waals surface area contributed by atoms with E-state index in [4.69, 9.17) is 56.8 Å². The lowest BCUT2D eigenvalue weighted by molar-refractivity contribution is -0.404. The third-order valence-electron chi connectivity index (χ3n) is 26.8. The molecule has 0 aromatic heterocycles. The number of hydrogen-bond donors (Lipinski definition) is 26. The molecule has 140 heavy (non-hydrogen) atoms. The molecule has 6 rings (SSSR count). The number of aliphatic hydroxyl groups is 19. The Kier molecular flexibility index (Phi) is 55.0. The lowest BCUT2D eigenvalue weighted by Crippen LogP contribution is -2.72. The van der Waals surface area contributed by atoms with Gasteiger partial charge in [0, 0.05) is 58.8 Å². The number of allylic oxidation sites excluding steroid dienone is 1. The van der Waals surface area contributed by atoms with Gasteiger partial charge in [0.25, 0.3) is 17.4 Å². The first-order valence-electron chi connectivity index (χ1n) is 50.1. The van der Waals surface area contributed by atoms with E-state index < -0.39 is 332 Å². The predicted molar refractivity (Wildman–Crippen MR) is 488 cm³/mol. The number of aliphatic carboxylic acids is 3. The Morgan fingerprint density at radius 2 is 0.779 bits per heavy atom. The largest absolute Gasteiger partial charge is 0.477 e. The van der Waals surface area contributed by atoms with Crippen LogP contribution in [-0.4, -0.2) is 413 Å². The summed E-state index contributed by atoms with van der Waals surface area (Å²) >= 11 is 0. The highest BCUT2D eigenvalue weighted by Crippen LogP contribution is 2.45. The van der Waals surface area contributed by atoms with Gasteiger partial charge in [0.1, 0.15) is 122 Å². The van der Waals surface area contributed by atoms with Crippen molar-refractivity contribution >= 4 is 47.3 Å². The summed E-state index contributed by atoms with van der Waals surface area (Å²) in [6, 6.07) is -7.29. The van der Waals surface area contributed by atoms with Crippen LogP contribution in [0.5, 0.6) is 0 Å². The molecule has 0 radical (unpaired) electrons. The van der Waals surface area contributed by atoms with Gasteiger partial charge in [-0.1, -0.05) is 206 Å². The third-order valence-corrected chi connectivity index (χ3v) is 26.8. The molecule has 6 aliphatic heterocycles. The van der Waals surface area contributed by atoms with Crippen molar-refractivity contribution in [2.45, 2.75) is 480 Å². The van der Waals surface area contributed by atoms with Crippen molar-refractivity contribution in [2.24, 2.45) is 5.92 Å². The quantitative estimate of drug-likeness (QED) is 0.0234. The summed E-state index contributed by atoms with van der Waals surface area (Å²) in [4.78, 5) is 107. The minimum atomic E-state index is -3.71. The molecule has 0 spiro atoms. The number of nitrogens with one attached hydrogen (secondary N) is 4. The number of unbranched alkanes of at least 4 members (excludes halogenated alkanes) is 29. The molecule has 6 heterocycles. The number of rotatable bonds is 68. The van der Waals surface area contributed by atoms with E-state index in [0.717, 1.165) is 91.9 Å². The Hall–Kier alpha value is -5.54. The van der Waals surface area contributed by atoms with Gasteiger partial charge in [0.05, 0.1) is 101 Å². The molecule has 0 saturated carbocycles. The average Bonchev–Trinajstić information content (AvgIpc) is 0.796. The number of carboxylic acids is 3. The summed E-state index contributed by atoms with van der Waals surface area (Å²) in [5.74, 6) is -23.6. The van der Waals surface area contributed by atoms with Crippen LogP contribution in [0.2, 0.25) is 0 Å². The van der Waals surface area contributed by atoms with Gasteiger partial charge < -0.3 is 195 Å². The Labute approximate surface area is 816 Å². The van der Waals surface area contributed by atoms with E-state index in [1.807, 2.05) is 0 Å². The topological polar surface area (TPSA) is 741 Å². The van der Waals surface area contributed by atoms with Gasteiger partial charge in [-0.2, -0.15) is 0 Å². The molecular formula is C94H164N4O42. The molecule has 6 saturated heterocycles. The molecule has 35 unspecified atom stereocenters. The normalized spacial score (nSPS) is 33.4. The van der Waals surface area contributed by atoms with Crippen molar-refractivity contribution in [2.75, 3.05) is 46.2 Å². The summed E-state index contributed by atoms with van der Waals surface area (Å²) in [7, 11) is 0. The minimum Gasteiger partial charge on any atom is -0.477 e. The fourth-order valence-corrected chi connectivity index (χ4v) is 19.0. The summed E-state index contributed by atoms with van der Waals surface area (Å²) in [6.45, 7) is -0.570. The van der Waals surface area contributed by atoms with Gasteiger partial charge in [0.15, 0.2) is 18.9 Å². The van der Waals surface area contributed by atoms with Gasteiger partial charge in [-0.15, -0.1) is 0 Å². The molecule has 6 fully saturated rings. The number of aliphatic hydroxyl groups excluding tert-OH is 19. The van der Waals surface area contributed by atoms with Crippen LogP contribution in [-0.2, 0) is 95.2 Å². The van der Waals surface area contributed by atoms with Crippen LogP contribution in [0.1, 0.15) is 273 Å². The minimum absolute atomic E-state index is 0.0835. The number of amides is 4. The number of carbonyl (C=O) groups excluding carboxylic acids is 5. The average molecular weight is 2020 g/mol. The summed E-state index contributed by atoms with van der Waals surface area (Å²) in [5.41, 5.74) is 0. The first kappa shape index (κ1) is 123. The molecule has 0 aliphatic carbocycles. The SMILES string of the molecule is CCCCCCCCCCCCCC=CC(O)C(COC1OC(CO)C(OC2OC(CO)C(OC3OC(CO)C(O)C(O)C3CC(C)=O)C(OC3(C(=O)O)CC(O)C(NC(C)=O)C(C(O)C(CO)OC4(C(=O)O)CC(O)C(NC(C)=O)C(C(O)C(CO)OC5(C(=O)O)CC(O)C(NC(C)=O)C(C(O)C(O)CO)O5)O4)O3)C2O)C(O)C1O)NC(=O)CCCCCCCCCCCCCCCCCCCCC. The van der Waals surface area contributed by atoms with Crippen LogP contribution >= 0.6 is 0 Å². The second-order valence-corrected chi connectivity index (χ2v) is 38.2. The smallest absolute Gasteiger partial charge is 0.364 e. The zero-order valence-electron chi connectivity index (χ0n) is 81.5. The summed E-state index contributed by atoms with van der Waals surface area (Å²) in [5, 5.41) is 261. The van der Waals surface area contributed by atoms with Crippen molar-refractivity contribution in [1.29, 1.82) is 0 Å². The van der Waals surface area contributed by atoms with Crippen molar-refractivity contribution in [3.05, 3.63) is 12.2 Å². The maximum absolute atomic E-state index is 14.5. The van der Waals surface area contributed by atoms with Crippen molar-refractivity contribution in [3.63, 3.8) is 0 Å². The zero-order chi connectivity index (χ0) is 104. The second-order valence-electron chi connectivity index (χ2n) is 38.2. The van der Waals surface area contributed by atoms with Crippen molar-refractivity contribution in [3.8, 4) is 0 Å². The van der Waals surface area contributed by atoms with E-state index >= 15 is 0 Å². The van der Waals surface area contributed by atoms with Gasteiger partial charge in [-0.3, -0.25) is 19.2 Å². The predicted octanol–water partition coefficient (Wildman–Crippen LogP) is -1.87. The number of ketones is 1. The number of carbonyl (C=O) groups is 8. The Morgan fingerprint density at radius 3 is 1.17 bits per heavy atom. The second kappa shape index (κ2) is 62.6. The lowest BCUT2D eigenvalue weighted by Gasteiger charge is -2.53. The van der Waals surface area contributed by atoms with E-state index in [1.54, 1.807) is 6.08 Å². The van der Waals surface area contributed by atoms with Gasteiger partial charge in [0.2, 0.25) is 23.6 Å². The summed E-state index contributed by atoms with van der Waals surface area (Å²) < 4.78 is 72.0. The fraction of sp³-hybridized carbons (Fsp3) is 0.894. The molecule has 6 aliphatic rings. The highest BCUT2D eigenvalue weighted by molar-refractivity contribution is 5.79. The first-order valence-corrected chi connectivity index (χ1v) is 50.1. The highest BCUT2D eigenvalue weighted by Gasteiger charge is 2.65. The molecule has 35 atom stereocenters. The molecule has 26 N–H and O–H groups in total. The molecular weight excluding hydrogens is 1860 g/mol. The number of ether oxygens (including phenoxy) is 12. The Morgan fingerprint density at radius 1 is 0.407 bits per heavy atom. The number of carboxylic acid groups (broad SMARTS) is 3. The highest BCUT2D eigenvalue weighted by atomic mass is 16.8. The lowest BCUT2D eigenvalue weighted by atomic mass is 9.86. The van der Waals surface area contributed by atoms with Crippen molar-refractivity contribution < 1.29 is 208 Å². The van der Waals surface area contributed by atoms with Crippen LogP contribution < -0.4 is 21.3 Å². The van der Waals surface area contributed by atoms with E-state index in [1.165, 1.54) is 128 Å². The Balaban J connectivity index is 1.29. The first-order chi connectivity index (χ1) is 66.6. The maximum atomic E-state index is 14.5. The van der Waals surface area contributed by atoms with Gasteiger partial charge >= 0.3 is 17.9 Å². The van der Waals surface area contributed by atoms with E-state index in [-0.39, 0.29) is 6.42 Å². The molecule has 4 amide bonds. The molecule has 46 heteroatoms. The van der Waals surface area contributed by atoms with E-state index in [9.17, 15) is 151 Å².